The fourth-order valence-electron chi connectivity index (χ4n) is 1.29. The van der Waals surface area contributed by atoms with E-state index in [0.717, 1.165) is 0 Å². The third-order valence-corrected chi connectivity index (χ3v) is 3.02. The molecule has 0 amide bonds. The Morgan fingerprint density at radius 2 is 2.06 bits per heavy atom. The van der Waals surface area contributed by atoms with Crippen LogP contribution in [0.4, 0.5) is 0 Å². The summed E-state index contributed by atoms with van der Waals surface area (Å²) in [7, 11) is -4.17. The van der Waals surface area contributed by atoms with Gasteiger partial charge < -0.3 is 4.52 Å². The molecule has 0 saturated heterocycles. The van der Waals surface area contributed by atoms with Crippen molar-refractivity contribution >= 4 is 44.3 Å². The largest absolute Gasteiger partial charge is 0.354 e. The normalized spacial score (nSPS) is 12.2. The van der Waals surface area contributed by atoms with E-state index in [4.69, 9.17) is 32.3 Å². The molecule has 1 aromatic carbocycles. The zero-order chi connectivity index (χ0) is 11.9. The summed E-state index contributed by atoms with van der Waals surface area (Å²) >= 11 is 11.6. The van der Waals surface area contributed by atoms with Crippen LogP contribution in [0.1, 0.15) is 5.69 Å². The van der Waals surface area contributed by atoms with Gasteiger partial charge in [-0.2, -0.15) is 8.42 Å². The topological polar surface area (TPSA) is 80.4 Å². The van der Waals surface area contributed by atoms with E-state index in [-0.39, 0.29) is 16.3 Å². The lowest BCUT2D eigenvalue weighted by atomic mass is 10.2. The number of benzene rings is 1. The van der Waals surface area contributed by atoms with E-state index in [2.05, 4.69) is 5.16 Å². The van der Waals surface area contributed by atoms with E-state index in [0.29, 0.717) is 10.4 Å². The van der Waals surface area contributed by atoms with Crippen LogP contribution in [-0.2, 0) is 15.9 Å². The molecule has 5 nitrogen and oxygen atoms in total. The molecular weight excluding hydrogens is 277 g/mol. The maximum atomic E-state index is 10.7. The molecule has 2 rings (SSSR count). The Hall–Kier alpha value is -0.820. The number of fused-ring (bicyclic) bond motifs is 1. The minimum Gasteiger partial charge on any atom is -0.354 e. The number of nitrogens with zero attached hydrogens (tertiary/aromatic N) is 1. The van der Waals surface area contributed by atoms with Crippen molar-refractivity contribution in [2.75, 3.05) is 0 Å². The molecule has 0 spiro atoms. The van der Waals surface area contributed by atoms with Crippen molar-refractivity contribution in [1.82, 2.24) is 5.16 Å². The van der Waals surface area contributed by atoms with Gasteiger partial charge in [0.2, 0.25) is 0 Å². The van der Waals surface area contributed by atoms with Gasteiger partial charge >= 0.3 is 0 Å². The maximum Gasteiger partial charge on any atom is 0.270 e. The molecule has 86 valence electrons. The minimum atomic E-state index is -4.17. The lowest BCUT2D eigenvalue weighted by Gasteiger charge is -1.95. The Balaban J connectivity index is 2.65. The predicted molar refractivity (Wildman–Crippen MR) is 59.3 cm³/mol. The zero-order valence-electron chi connectivity index (χ0n) is 7.65. The van der Waals surface area contributed by atoms with Gasteiger partial charge in [-0.3, -0.25) is 4.55 Å². The van der Waals surface area contributed by atoms with Gasteiger partial charge in [0.05, 0.1) is 5.02 Å². The molecule has 0 fully saturated rings. The Bertz CT molecular complexity index is 649. The fourth-order valence-corrected chi connectivity index (χ4v) is 2.38. The highest BCUT2D eigenvalue weighted by Gasteiger charge is 2.17. The Labute approximate surface area is 101 Å². The summed E-state index contributed by atoms with van der Waals surface area (Å²) in [6.07, 6.45) is 0. The van der Waals surface area contributed by atoms with Crippen LogP contribution in [0.5, 0.6) is 0 Å². The second-order valence-corrected chi connectivity index (χ2v) is 5.42. The molecule has 0 saturated carbocycles. The average Bonchev–Trinajstić information content (AvgIpc) is 2.46. The number of rotatable bonds is 2. The Kier molecular flexibility index (Phi) is 2.83. The molecule has 2 aromatic rings. The van der Waals surface area contributed by atoms with Crippen molar-refractivity contribution in [2.24, 2.45) is 0 Å². The predicted octanol–water partition coefficient (Wildman–Crippen LogP) is 2.52. The van der Waals surface area contributed by atoms with Gasteiger partial charge in [-0.15, -0.1) is 0 Å². The van der Waals surface area contributed by atoms with Crippen LogP contribution in [0.15, 0.2) is 16.7 Å². The minimum absolute atomic E-state index is 0.0712. The summed E-state index contributed by atoms with van der Waals surface area (Å²) < 4.78 is 35.0. The van der Waals surface area contributed by atoms with Crippen molar-refractivity contribution in [1.29, 1.82) is 0 Å². The van der Waals surface area contributed by atoms with Crippen LogP contribution in [-0.4, -0.2) is 18.1 Å². The van der Waals surface area contributed by atoms with E-state index in [1.54, 1.807) is 0 Å². The van der Waals surface area contributed by atoms with Gasteiger partial charge in [-0.25, -0.2) is 0 Å². The first-order valence-electron chi connectivity index (χ1n) is 4.05. The van der Waals surface area contributed by atoms with Crippen molar-refractivity contribution < 1.29 is 17.5 Å². The number of hydrogen-bond acceptors (Lipinski definition) is 4. The van der Waals surface area contributed by atoms with Crippen LogP contribution >= 0.6 is 23.2 Å². The highest BCUT2D eigenvalue weighted by Crippen LogP contribution is 2.30. The molecule has 1 N–H and O–H groups in total. The summed E-state index contributed by atoms with van der Waals surface area (Å²) in [5.41, 5.74) is 0.312. The standard InChI is InChI=1S/C8H5Cl2NO4S/c9-4-1-5-7(3-16(12,13)14)11-15-8(5)6(10)2-4/h1-2H,3H2,(H,12,13,14). The van der Waals surface area contributed by atoms with Gasteiger partial charge in [0.25, 0.3) is 10.1 Å². The van der Waals surface area contributed by atoms with Crippen LogP contribution in [0.3, 0.4) is 0 Å². The molecular formula is C8H5Cl2NO4S. The monoisotopic (exact) mass is 281 g/mol. The Morgan fingerprint density at radius 3 is 2.69 bits per heavy atom. The summed E-state index contributed by atoms with van der Waals surface area (Å²) in [5, 5.41) is 4.46. The van der Waals surface area contributed by atoms with Crippen LogP contribution in [0.25, 0.3) is 11.0 Å². The first kappa shape index (κ1) is 11.7. The van der Waals surface area contributed by atoms with Gasteiger partial charge in [0, 0.05) is 10.4 Å². The molecule has 0 radical (unpaired) electrons. The second-order valence-electron chi connectivity index (χ2n) is 3.12. The molecule has 0 aliphatic carbocycles. The number of halogens is 2. The molecule has 0 atom stereocenters. The number of hydrogen-bond donors (Lipinski definition) is 1. The summed E-state index contributed by atoms with van der Waals surface area (Å²) in [6, 6.07) is 2.92. The van der Waals surface area contributed by atoms with Crippen LogP contribution in [0.2, 0.25) is 10.0 Å². The SMILES string of the molecule is O=S(=O)(O)Cc1noc2c(Cl)cc(Cl)cc12. The number of aromatic nitrogens is 1. The first-order chi connectivity index (χ1) is 7.37. The Morgan fingerprint density at radius 1 is 1.38 bits per heavy atom. The van der Waals surface area contributed by atoms with Crippen molar-refractivity contribution in [3.05, 3.63) is 27.9 Å². The maximum absolute atomic E-state index is 10.7. The van der Waals surface area contributed by atoms with Gasteiger partial charge in [-0.05, 0) is 12.1 Å². The molecule has 0 aliphatic heterocycles. The van der Waals surface area contributed by atoms with E-state index >= 15 is 0 Å². The van der Waals surface area contributed by atoms with Gasteiger partial charge in [-0.1, -0.05) is 28.4 Å². The average molecular weight is 282 g/mol. The second kappa shape index (κ2) is 3.89. The smallest absolute Gasteiger partial charge is 0.270 e. The fraction of sp³-hybridized carbons (Fsp3) is 0.125. The first-order valence-corrected chi connectivity index (χ1v) is 6.42. The summed E-state index contributed by atoms with van der Waals surface area (Å²) in [4.78, 5) is 0. The van der Waals surface area contributed by atoms with Crippen molar-refractivity contribution in [2.45, 2.75) is 5.75 Å². The highest BCUT2D eigenvalue weighted by atomic mass is 35.5. The summed E-state index contributed by atoms with van der Waals surface area (Å²) in [5.74, 6) is -0.642. The molecule has 0 aliphatic rings. The molecule has 8 heteroatoms. The molecule has 16 heavy (non-hydrogen) atoms. The highest BCUT2D eigenvalue weighted by molar-refractivity contribution is 7.85. The quantitative estimate of drug-likeness (QED) is 0.856. The zero-order valence-corrected chi connectivity index (χ0v) is 9.97. The van der Waals surface area contributed by atoms with Crippen molar-refractivity contribution in [3.63, 3.8) is 0 Å². The molecule has 1 aromatic heterocycles. The van der Waals surface area contributed by atoms with E-state index in [1.807, 2.05) is 0 Å². The third kappa shape index (κ3) is 2.30. The van der Waals surface area contributed by atoms with Gasteiger partial charge in [0.15, 0.2) is 5.58 Å². The summed E-state index contributed by atoms with van der Waals surface area (Å²) in [6.45, 7) is 0. The van der Waals surface area contributed by atoms with Gasteiger partial charge in [0.1, 0.15) is 11.4 Å². The molecule has 0 bridgehead atoms. The van der Waals surface area contributed by atoms with E-state index in [1.165, 1.54) is 12.1 Å². The molecule has 1 heterocycles. The lowest BCUT2D eigenvalue weighted by Crippen LogP contribution is -2.01. The van der Waals surface area contributed by atoms with Crippen molar-refractivity contribution in [3.8, 4) is 0 Å². The third-order valence-electron chi connectivity index (χ3n) is 1.89. The van der Waals surface area contributed by atoms with Crippen LogP contribution < -0.4 is 0 Å². The van der Waals surface area contributed by atoms with Crippen LogP contribution in [0, 0.1) is 0 Å². The molecule has 0 unspecified atom stereocenters. The van der Waals surface area contributed by atoms with E-state index < -0.39 is 15.9 Å². The lowest BCUT2D eigenvalue weighted by molar-refractivity contribution is 0.443. The van der Waals surface area contributed by atoms with E-state index in [9.17, 15) is 8.42 Å².